The Hall–Kier alpha value is -5.98. The van der Waals surface area contributed by atoms with Crippen molar-refractivity contribution in [3.63, 3.8) is 0 Å². The summed E-state index contributed by atoms with van der Waals surface area (Å²) < 4.78 is 0. The van der Waals surface area contributed by atoms with E-state index in [2.05, 4.69) is 194 Å². The van der Waals surface area contributed by atoms with Gasteiger partial charge in [-0.25, -0.2) is 0 Å². The molecule has 0 nitrogen and oxygen atoms in total. The average molecular weight is 619 g/mol. The van der Waals surface area contributed by atoms with E-state index < -0.39 is 0 Å². The van der Waals surface area contributed by atoms with E-state index in [9.17, 15) is 0 Å². The van der Waals surface area contributed by atoms with Crippen LogP contribution in [0.5, 0.6) is 0 Å². The summed E-state index contributed by atoms with van der Waals surface area (Å²) in [5.41, 5.74) is 9.47. The highest BCUT2D eigenvalue weighted by atomic mass is 14.1. The monoisotopic (exact) mass is 618 g/mol. The Bertz CT molecular complexity index is 2070. The minimum absolute atomic E-state index is 0. The molecule has 0 aromatic heterocycles. The van der Waals surface area contributed by atoms with Gasteiger partial charge in [-0.2, -0.15) is 0 Å². The quantitative estimate of drug-likeness (QED) is 0.117. The minimum Gasteiger partial charge on any atom is -0.0776 e. The second-order valence-electron chi connectivity index (χ2n) is 11.4. The molecule has 7 aromatic rings. The van der Waals surface area contributed by atoms with Crippen molar-refractivity contribution in [2.24, 2.45) is 0 Å². The molecule has 0 saturated carbocycles. The zero-order valence-corrected chi connectivity index (χ0v) is 25.6. The SMILES string of the molecule is C.C.C(=Cc1ccccc1C=Cc1cc2cc3ccccc3cc2cc1C=Cc1ccccc1C=Cc1ccccc1)c1ccccc1. The molecule has 48 heavy (non-hydrogen) atoms. The predicted octanol–water partition coefficient (Wildman–Crippen LogP) is 13.9. The van der Waals surface area contributed by atoms with Crippen molar-refractivity contribution in [3.8, 4) is 0 Å². The third kappa shape index (κ3) is 8.05. The molecule has 0 heteroatoms. The summed E-state index contributed by atoms with van der Waals surface area (Å²) in [5.74, 6) is 0. The molecule has 0 aliphatic heterocycles. The molecule has 0 atom stereocenters. The third-order valence-electron chi connectivity index (χ3n) is 8.29. The highest BCUT2D eigenvalue weighted by Gasteiger charge is 2.05. The fourth-order valence-electron chi connectivity index (χ4n) is 5.80. The molecule has 0 fully saturated rings. The molecule has 0 unspecified atom stereocenters. The highest BCUT2D eigenvalue weighted by Crippen LogP contribution is 2.29. The summed E-state index contributed by atoms with van der Waals surface area (Å²) in [7, 11) is 0. The molecule has 234 valence electrons. The Balaban J connectivity index is 0.00000225. The Morgan fingerprint density at radius 1 is 0.229 bits per heavy atom. The molecule has 0 saturated heterocycles. The van der Waals surface area contributed by atoms with Crippen molar-refractivity contribution in [2.45, 2.75) is 14.9 Å². The van der Waals surface area contributed by atoms with Gasteiger partial charge in [0.25, 0.3) is 0 Å². The summed E-state index contributed by atoms with van der Waals surface area (Å²) in [5, 5.41) is 4.98. The number of hydrogen-bond donors (Lipinski definition) is 0. The van der Waals surface area contributed by atoms with Crippen molar-refractivity contribution >= 4 is 70.2 Å². The molecule has 0 radical (unpaired) electrons. The van der Waals surface area contributed by atoms with Crippen LogP contribution in [0.1, 0.15) is 59.4 Å². The number of fused-ring (bicyclic) bond motifs is 2. The topological polar surface area (TPSA) is 0 Å². The van der Waals surface area contributed by atoms with Crippen LogP contribution in [0, 0.1) is 0 Å². The molecule has 0 amide bonds. The maximum absolute atomic E-state index is 2.32. The first kappa shape index (κ1) is 33.4. The Labute approximate surface area is 286 Å². The van der Waals surface area contributed by atoms with Crippen LogP contribution >= 0.6 is 0 Å². The van der Waals surface area contributed by atoms with Crippen LogP contribution < -0.4 is 0 Å². The zero-order chi connectivity index (χ0) is 31.0. The van der Waals surface area contributed by atoms with Crippen LogP contribution in [0.15, 0.2) is 158 Å². The van der Waals surface area contributed by atoms with Gasteiger partial charge in [0.05, 0.1) is 0 Å². The van der Waals surface area contributed by atoms with Crippen LogP contribution in [0.2, 0.25) is 0 Å². The first-order valence-corrected chi connectivity index (χ1v) is 15.8. The van der Waals surface area contributed by atoms with E-state index in [0.29, 0.717) is 0 Å². The second-order valence-corrected chi connectivity index (χ2v) is 11.4. The highest BCUT2D eigenvalue weighted by molar-refractivity contribution is 6.01. The lowest BCUT2D eigenvalue weighted by Crippen LogP contribution is -1.86. The van der Waals surface area contributed by atoms with Gasteiger partial charge in [0.2, 0.25) is 0 Å². The summed E-state index contributed by atoms with van der Waals surface area (Å²) in [6, 6.07) is 55.8. The summed E-state index contributed by atoms with van der Waals surface area (Å²) in [6.45, 7) is 0. The van der Waals surface area contributed by atoms with E-state index in [1.807, 2.05) is 12.1 Å². The molecule has 0 heterocycles. The van der Waals surface area contributed by atoms with Crippen molar-refractivity contribution < 1.29 is 0 Å². The van der Waals surface area contributed by atoms with Gasteiger partial charge >= 0.3 is 0 Å². The molecule has 0 N–H and O–H groups in total. The van der Waals surface area contributed by atoms with Gasteiger partial charge in [-0.15, -0.1) is 0 Å². The molecule has 0 bridgehead atoms. The van der Waals surface area contributed by atoms with Crippen molar-refractivity contribution in [3.05, 3.63) is 202 Å². The Morgan fingerprint density at radius 3 is 0.896 bits per heavy atom. The second kappa shape index (κ2) is 16.0. The van der Waals surface area contributed by atoms with Gasteiger partial charge in [-0.3, -0.25) is 0 Å². The minimum atomic E-state index is 0. The van der Waals surface area contributed by atoms with E-state index in [1.165, 1.54) is 66.1 Å². The fraction of sp³-hybridized carbons (Fsp3) is 0.0417. The van der Waals surface area contributed by atoms with E-state index in [0.717, 1.165) is 0 Å². The van der Waals surface area contributed by atoms with Crippen molar-refractivity contribution in [2.75, 3.05) is 0 Å². The van der Waals surface area contributed by atoms with Crippen molar-refractivity contribution in [1.29, 1.82) is 0 Å². The lowest BCUT2D eigenvalue weighted by Gasteiger charge is -2.09. The van der Waals surface area contributed by atoms with Crippen LogP contribution in [-0.4, -0.2) is 0 Å². The third-order valence-corrected chi connectivity index (χ3v) is 8.29. The van der Waals surface area contributed by atoms with Crippen LogP contribution in [-0.2, 0) is 0 Å². The first-order valence-electron chi connectivity index (χ1n) is 15.8. The van der Waals surface area contributed by atoms with Gasteiger partial charge in [0, 0.05) is 0 Å². The molecule has 7 rings (SSSR count). The normalized spacial score (nSPS) is 11.5. The van der Waals surface area contributed by atoms with Crippen LogP contribution in [0.25, 0.3) is 70.2 Å². The van der Waals surface area contributed by atoms with E-state index in [-0.39, 0.29) is 14.9 Å². The lowest BCUT2D eigenvalue weighted by molar-refractivity contribution is 1.60. The van der Waals surface area contributed by atoms with Crippen molar-refractivity contribution in [1.82, 2.24) is 0 Å². The number of rotatable bonds is 8. The molecule has 7 aromatic carbocycles. The lowest BCUT2D eigenvalue weighted by atomic mass is 9.95. The molecule has 0 aliphatic carbocycles. The smallest absolute Gasteiger partial charge is 0.0171 e. The average Bonchev–Trinajstić information content (AvgIpc) is 3.12. The van der Waals surface area contributed by atoms with Gasteiger partial charge in [-0.1, -0.05) is 197 Å². The van der Waals surface area contributed by atoms with E-state index in [4.69, 9.17) is 0 Å². The van der Waals surface area contributed by atoms with Crippen LogP contribution in [0.4, 0.5) is 0 Å². The first-order chi connectivity index (χ1) is 22.8. The molecule has 0 aliphatic rings. The fourth-order valence-corrected chi connectivity index (χ4v) is 5.80. The summed E-state index contributed by atoms with van der Waals surface area (Å²) >= 11 is 0. The van der Waals surface area contributed by atoms with E-state index in [1.54, 1.807) is 0 Å². The molecule has 0 spiro atoms. The Morgan fingerprint density at radius 2 is 0.521 bits per heavy atom. The molecular formula is C48H42. The maximum Gasteiger partial charge on any atom is -0.0171 e. The van der Waals surface area contributed by atoms with Gasteiger partial charge < -0.3 is 0 Å². The maximum atomic E-state index is 2.32. The largest absolute Gasteiger partial charge is 0.0776 e. The zero-order valence-electron chi connectivity index (χ0n) is 25.6. The van der Waals surface area contributed by atoms with Crippen LogP contribution in [0.3, 0.4) is 0 Å². The van der Waals surface area contributed by atoms with Gasteiger partial charge in [0.15, 0.2) is 0 Å². The number of hydrogen-bond acceptors (Lipinski definition) is 0. The van der Waals surface area contributed by atoms with Gasteiger partial charge in [-0.05, 0) is 90.3 Å². The summed E-state index contributed by atoms with van der Waals surface area (Å²) in [6.07, 6.45) is 17.7. The Kier molecular flexibility index (Phi) is 11.1. The summed E-state index contributed by atoms with van der Waals surface area (Å²) in [4.78, 5) is 0. The molecular weight excluding hydrogens is 577 g/mol. The predicted molar refractivity (Wildman–Crippen MR) is 216 cm³/mol. The standard InChI is InChI=1S/C46H34.2CH4/c1-3-13-35(14-4-1)23-25-37-17-7-9-19-39(37)27-29-43-33-45-31-41-21-11-12-22-42(41)32-46(45)34-44(43)30-28-40-20-10-8-18-38(40)26-24-36-15-5-2-6-16-36;;/h1-34H;2*1H4. The van der Waals surface area contributed by atoms with Gasteiger partial charge in [0.1, 0.15) is 0 Å². The van der Waals surface area contributed by atoms with E-state index >= 15 is 0 Å². The number of benzene rings is 7.